The van der Waals surface area contributed by atoms with Crippen molar-refractivity contribution in [3.8, 4) is 0 Å². The number of methoxy groups -OCH3 is 1. The van der Waals surface area contributed by atoms with E-state index < -0.39 is 11.9 Å². The quantitative estimate of drug-likeness (QED) is 0.774. The monoisotopic (exact) mass is 381 g/mol. The summed E-state index contributed by atoms with van der Waals surface area (Å²) in [5.41, 5.74) is 1.97. The van der Waals surface area contributed by atoms with Crippen LogP contribution in [0.4, 0.5) is 0 Å². The van der Waals surface area contributed by atoms with Crippen LogP contribution in [0.3, 0.4) is 0 Å². The van der Waals surface area contributed by atoms with Crippen molar-refractivity contribution in [3.05, 3.63) is 65.5 Å². The van der Waals surface area contributed by atoms with Gasteiger partial charge in [-0.25, -0.2) is 4.79 Å². The van der Waals surface area contributed by atoms with Crippen molar-refractivity contribution in [2.75, 3.05) is 13.7 Å². The molecule has 2 unspecified atom stereocenters. The molecule has 0 bridgehead atoms. The lowest BCUT2D eigenvalue weighted by atomic mass is 10.1. The second-order valence-corrected chi connectivity index (χ2v) is 6.78. The number of hydrogen-bond donors (Lipinski definition) is 1. The van der Waals surface area contributed by atoms with E-state index in [0.717, 1.165) is 5.56 Å². The average molecular weight is 381 g/mol. The standard InChI is InChI=1S/C21H23N3O4/c1-14(15-6-4-3-5-7-15)24-13-17(11-19(24)25)20(26)23-12-18-10-16(8-9-22-18)21(27)28-2/h3-10,14,17H,11-13H2,1-2H3,(H,23,26). The molecule has 2 atom stereocenters. The maximum absolute atomic E-state index is 12.5. The van der Waals surface area contributed by atoms with E-state index in [-0.39, 0.29) is 30.8 Å². The molecule has 1 saturated heterocycles. The molecule has 1 aliphatic heterocycles. The first-order valence-corrected chi connectivity index (χ1v) is 9.15. The van der Waals surface area contributed by atoms with Crippen molar-refractivity contribution in [2.45, 2.75) is 25.9 Å². The van der Waals surface area contributed by atoms with Gasteiger partial charge in [-0.05, 0) is 24.6 Å². The predicted octanol–water partition coefficient (Wildman–Crippen LogP) is 2.09. The first-order chi connectivity index (χ1) is 13.5. The van der Waals surface area contributed by atoms with Gasteiger partial charge in [0.1, 0.15) is 0 Å². The van der Waals surface area contributed by atoms with Crippen molar-refractivity contribution in [1.82, 2.24) is 15.2 Å². The molecule has 1 N–H and O–H groups in total. The average Bonchev–Trinajstić information content (AvgIpc) is 3.13. The van der Waals surface area contributed by atoms with E-state index in [1.165, 1.54) is 13.3 Å². The van der Waals surface area contributed by atoms with E-state index in [0.29, 0.717) is 17.8 Å². The van der Waals surface area contributed by atoms with Gasteiger partial charge in [-0.3, -0.25) is 14.6 Å². The number of pyridine rings is 1. The van der Waals surface area contributed by atoms with Gasteiger partial charge >= 0.3 is 5.97 Å². The van der Waals surface area contributed by atoms with E-state index in [9.17, 15) is 14.4 Å². The number of hydrogen-bond acceptors (Lipinski definition) is 5. The van der Waals surface area contributed by atoms with Crippen LogP contribution in [0.2, 0.25) is 0 Å². The van der Waals surface area contributed by atoms with Crippen molar-refractivity contribution in [2.24, 2.45) is 5.92 Å². The molecule has 7 heteroatoms. The van der Waals surface area contributed by atoms with Gasteiger partial charge < -0.3 is 15.0 Å². The van der Waals surface area contributed by atoms with E-state index in [1.54, 1.807) is 17.0 Å². The highest BCUT2D eigenvalue weighted by molar-refractivity contribution is 5.90. The largest absolute Gasteiger partial charge is 0.465 e. The second kappa shape index (κ2) is 8.65. The fourth-order valence-electron chi connectivity index (χ4n) is 3.33. The van der Waals surface area contributed by atoms with Gasteiger partial charge in [-0.15, -0.1) is 0 Å². The number of nitrogens with one attached hydrogen (secondary N) is 1. The third-order valence-corrected chi connectivity index (χ3v) is 4.96. The van der Waals surface area contributed by atoms with Crippen LogP contribution in [0.1, 0.15) is 41.0 Å². The highest BCUT2D eigenvalue weighted by Crippen LogP contribution is 2.28. The molecular weight excluding hydrogens is 358 g/mol. The Hall–Kier alpha value is -3.22. The number of carbonyl (C=O) groups excluding carboxylic acids is 3. The molecule has 1 aromatic carbocycles. The van der Waals surface area contributed by atoms with Crippen LogP contribution in [-0.2, 0) is 20.9 Å². The summed E-state index contributed by atoms with van der Waals surface area (Å²) in [5, 5.41) is 2.81. The molecule has 0 aliphatic carbocycles. The van der Waals surface area contributed by atoms with Crippen LogP contribution < -0.4 is 5.32 Å². The molecular formula is C21H23N3O4. The zero-order valence-electron chi connectivity index (χ0n) is 15.9. The minimum absolute atomic E-state index is 0.0256. The summed E-state index contributed by atoms with van der Waals surface area (Å²) >= 11 is 0. The Balaban J connectivity index is 1.58. The lowest BCUT2D eigenvalue weighted by molar-refractivity contribution is -0.130. The SMILES string of the molecule is COC(=O)c1ccnc(CNC(=O)C2CC(=O)N(C(C)c3ccccc3)C2)c1. The van der Waals surface area contributed by atoms with Gasteiger partial charge in [-0.2, -0.15) is 0 Å². The summed E-state index contributed by atoms with van der Waals surface area (Å²) in [4.78, 5) is 42.4. The highest BCUT2D eigenvalue weighted by Gasteiger charge is 2.36. The second-order valence-electron chi connectivity index (χ2n) is 6.78. The van der Waals surface area contributed by atoms with Crippen LogP contribution >= 0.6 is 0 Å². The molecule has 0 radical (unpaired) electrons. The number of rotatable bonds is 6. The summed E-state index contributed by atoms with van der Waals surface area (Å²) < 4.78 is 4.68. The Kier molecular flexibility index (Phi) is 6.03. The van der Waals surface area contributed by atoms with Crippen molar-refractivity contribution in [1.29, 1.82) is 0 Å². The molecule has 3 rings (SSSR count). The van der Waals surface area contributed by atoms with Gasteiger partial charge in [0.15, 0.2) is 0 Å². The first kappa shape index (κ1) is 19.5. The van der Waals surface area contributed by atoms with Crippen LogP contribution in [0.15, 0.2) is 48.7 Å². The summed E-state index contributed by atoms with van der Waals surface area (Å²) in [6.07, 6.45) is 1.69. The van der Waals surface area contributed by atoms with Gasteiger partial charge in [0, 0.05) is 19.2 Å². The molecule has 146 valence electrons. The molecule has 0 spiro atoms. The van der Waals surface area contributed by atoms with Gasteiger partial charge in [0.25, 0.3) is 0 Å². The zero-order chi connectivity index (χ0) is 20.1. The van der Waals surface area contributed by atoms with Crippen molar-refractivity contribution < 1.29 is 19.1 Å². The number of likely N-dealkylation sites (tertiary alicyclic amines) is 1. The topological polar surface area (TPSA) is 88.6 Å². The van der Waals surface area contributed by atoms with Gasteiger partial charge in [-0.1, -0.05) is 30.3 Å². The number of aromatic nitrogens is 1. The minimum Gasteiger partial charge on any atom is -0.465 e. The van der Waals surface area contributed by atoms with E-state index in [4.69, 9.17) is 0 Å². The Morgan fingerprint density at radius 2 is 2.04 bits per heavy atom. The van der Waals surface area contributed by atoms with E-state index in [1.807, 2.05) is 37.3 Å². The Morgan fingerprint density at radius 1 is 1.29 bits per heavy atom. The summed E-state index contributed by atoms with van der Waals surface area (Å²) in [6.45, 7) is 2.54. The number of benzene rings is 1. The molecule has 1 aromatic heterocycles. The van der Waals surface area contributed by atoms with Crippen LogP contribution in [-0.4, -0.2) is 41.3 Å². The zero-order valence-corrected chi connectivity index (χ0v) is 15.9. The number of esters is 1. The van der Waals surface area contributed by atoms with Gasteiger partial charge in [0.2, 0.25) is 11.8 Å². The molecule has 2 heterocycles. The van der Waals surface area contributed by atoms with Gasteiger partial charge in [0.05, 0.1) is 36.9 Å². The Labute approximate surface area is 163 Å². The molecule has 1 fully saturated rings. The number of ether oxygens (including phenoxy) is 1. The van der Waals surface area contributed by atoms with Crippen molar-refractivity contribution in [3.63, 3.8) is 0 Å². The number of nitrogens with zero attached hydrogens (tertiary/aromatic N) is 2. The van der Waals surface area contributed by atoms with Crippen LogP contribution in [0.5, 0.6) is 0 Å². The molecule has 1 aliphatic rings. The first-order valence-electron chi connectivity index (χ1n) is 9.15. The summed E-state index contributed by atoms with van der Waals surface area (Å²) in [5.74, 6) is -1.08. The molecule has 0 saturated carbocycles. The minimum atomic E-state index is -0.457. The van der Waals surface area contributed by atoms with Crippen molar-refractivity contribution >= 4 is 17.8 Å². The maximum Gasteiger partial charge on any atom is 0.337 e. The lowest BCUT2D eigenvalue weighted by Gasteiger charge is -2.25. The fourth-order valence-corrected chi connectivity index (χ4v) is 3.33. The lowest BCUT2D eigenvalue weighted by Crippen LogP contribution is -2.33. The fraction of sp³-hybridized carbons (Fsp3) is 0.333. The Morgan fingerprint density at radius 3 is 2.75 bits per heavy atom. The van der Waals surface area contributed by atoms with Crippen LogP contribution in [0.25, 0.3) is 0 Å². The third kappa shape index (κ3) is 4.36. The van der Waals surface area contributed by atoms with E-state index in [2.05, 4.69) is 15.0 Å². The normalized spacial score (nSPS) is 17.3. The summed E-state index contributed by atoms with van der Waals surface area (Å²) in [6, 6.07) is 12.8. The predicted molar refractivity (Wildman–Crippen MR) is 102 cm³/mol. The smallest absolute Gasteiger partial charge is 0.337 e. The van der Waals surface area contributed by atoms with E-state index >= 15 is 0 Å². The van der Waals surface area contributed by atoms with Crippen LogP contribution in [0, 0.1) is 5.92 Å². The molecule has 2 amide bonds. The maximum atomic E-state index is 12.5. The number of amides is 2. The summed E-state index contributed by atoms with van der Waals surface area (Å²) in [7, 11) is 1.31. The highest BCUT2D eigenvalue weighted by atomic mass is 16.5. The molecule has 7 nitrogen and oxygen atoms in total. The molecule has 2 aromatic rings. The number of carbonyl (C=O) groups is 3. The Bertz CT molecular complexity index is 869. The third-order valence-electron chi connectivity index (χ3n) is 4.96. The molecule has 28 heavy (non-hydrogen) atoms.